The minimum Gasteiger partial charge on any atom is -0.353 e. The molecule has 1 N–H and O–H groups in total. The highest BCUT2D eigenvalue weighted by molar-refractivity contribution is 5.71. The Labute approximate surface area is 138 Å². The number of hydrogen-bond acceptors (Lipinski definition) is 6. The highest BCUT2D eigenvalue weighted by Gasteiger charge is 2.20. The van der Waals surface area contributed by atoms with E-state index in [0.29, 0.717) is 17.3 Å². The van der Waals surface area contributed by atoms with E-state index in [1.807, 2.05) is 12.1 Å². The van der Waals surface area contributed by atoms with Gasteiger partial charge < -0.3 is 14.7 Å². The van der Waals surface area contributed by atoms with Crippen molar-refractivity contribution in [2.75, 3.05) is 31.1 Å². The molecule has 3 aromatic rings. The molecule has 0 amide bonds. The van der Waals surface area contributed by atoms with Crippen molar-refractivity contribution in [3.8, 4) is 22.8 Å². The van der Waals surface area contributed by atoms with E-state index in [9.17, 15) is 4.39 Å². The van der Waals surface area contributed by atoms with Crippen molar-refractivity contribution in [3.63, 3.8) is 0 Å². The summed E-state index contributed by atoms with van der Waals surface area (Å²) in [6, 6.07) is 9.89. The molecule has 2 aromatic heterocycles. The number of rotatable bonds is 3. The Hall–Kier alpha value is -2.80. The lowest BCUT2D eigenvalue weighted by Gasteiger charge is -2.29. The largest absolute Gasteiger partial charge is 0.353 e. The van der Waals surface area contributed by atoms with E-state index in [2.05, 4.69) is 25.3 Å². The summed E-state index contributed by atoms with van der Waals surface area (Å²) in [6.07, 6.45) is 1.75. The lowest BCUT2D eigenvalue weighted by Crippen LogP contribution is -2.44. The third-order valence-corrected chi connectivity index (χ3v) is 3.94. The standard InChI is InChI=1S/C17H16FN5O/c18-13-4-1-3-12(11-13)15-21-17(24-22-15)14-5-2-6-20-16(14)23-9-7-19-8-10-23/h1-6,11,19H,7-10H2. The molecule has 24 heavy (non-hydrogen) atoms. The second-order valence-electron chi connectivity index (χ2n) is 5.55. The first kappa shape index (κ1) is 14.8. The molecule has 0 radical (unpaired) electrons. The molecule has 0 spiro atoms. The maximum atomic E-state index is 13.4. The highest BCUT2D eigenvalue weighted by Crippen LogP contribution is 2.29. The molecule has 0 saturated carbocycles. The Balaban J connectivity index is 1.70. The van der Waals surface area contributed by atoms with Gasteiger partial charge in [0.1, 0.15) is 11.6 Å². The van der Waals surface area contributed by atoms with E-state index in [-0.39, 0.29) is 5.82 Å². The Kier molecular flexibility index (Phi) is 3.92. The molecule has 122 valence electrons. The molecule has 1 saturated heterocycles. The molecule has 1 aromatic carbocycles. The van der Waals surface area contributed by atoms with Gasteiger partial charge in [-0.3, -0.25) is 0 Å². The number of hydrogen-bond donors (Lipinski definition) is 1. The predicted octanol–water partition coefficient (Wildman–Crippen LogP) is 2.35. The van der Waals surface area contributed by atoms with Gasteiger partial charge in [-0.25, -0.2) is 9.37 Å². The van der Waals surface area contributed by atoms with Crippen molar-refractivity contribution in [1.82, 2.24) is 20.4 Å². The molecule has 3 heterocycles. The van der Waals surface area contributed by atoms with Crippen LogP contribution in [0.15, 0.2) is 47.1 Å². The zero-order valence-corrected chi connectivity index (χ0v) is 12.9. The van der Waals surface area contributed by atoms with Crippen molar-refractivity contribution in [3.05, 3.63) is 48.4 Å². The molecule has 0 bridgehead atoms. The van der Waals surface area contributed by atoms with E-state index in [4.69, 9.17) is 4.52 Å². The zero-order chi connectivity index (χ0) is 16.4. The maximum absolute atomic E-state index is 13.4. The Morgan fingerprint density at radius 2 is 2.00 bits per heavy atom. The summed E-state index contributed by atoms with van der Waals surface area (Å²) in [5, 5.41) is 7.30. The number of benzene rings is 1. The van der Waals surface area contributed by atoms with Gasteiger partial charge in [-0.2, -0.15) is 4.98 Å². The molecule has 4 rings (SSSR count). The topological polar surface area (TPSA) is 67.1 Å². The number of aromatic nitrogens is 3. The predicted molar refractivity (Wildman–Crippen MR) is 88.0 cm³/mol. The zero-order valence-electron chi connectivity index (χ0n) is 12.9. The van der Waals surface area contributed by atoms with E-state index in [1.54, 1.807) is 18.3 Å². The van der Waals surface area contributed by atoms with E-state index in [0.717, 1.165) is 37.6 Å². The molecule has 0 atom stereocenters. The van der Waals surface area contributed by atoms with Crippen molar-refractivity contribution in [2.45, 2.75) is 0 Å². The summed E-state index contributed by atoms with van der Waals surface area (Å²) in [6.45, 7) is 3.56. The van der Waals surface area contributed by atoms with Crippen molar-refractivity contribution >= 4 is 5.82 Å². The monoisotopic (exact) mass is 325 g/mol. The lowest BCUT2D eigenvalue weighted by molar-refractivity contribution is 0.432. The van der Waals surface area contributed by atoms with Gasteiger partial charge in [0.05, 0.1) is 5.56 Å². The van der Waals surface area contributed by atoms with Gasteiger partial charge in [-0.05, 0) is 24.3 Å². The van der Waals surface area contributed by atoms with Crippen LogP contribution in [0, 0.1) is 5.82 Å². The first-order chi connectivity index (χ1) is 11.8. The van der Waals surface area contributed by atoms with Crippen LogP contribution in [0.5, 0.6) is 0 Å². The average molecular weight is 325 g/mol. The number of piperazine rings is 1. The summed E-state index contributed by atoms with van der Waals surface area (Å²) in [5.74, 6) is 1.24. The lowest BCUT2D eigenvalue weighted by atomic mass is 10.2. The minimum atomic E-state index is -0.332. The normalized spacial score (nSPS) is 14.8. The van der Waals surface area contributed by atoms with Crippen molar-refractivity contribution in [2.24, 2.45) is 0 Å². The van der Waals surface area contributed by atoms with Crippen LogP contribution in [-0.4, -0.2) is 41.3 Å². The Morgan fingerprint density at radius 1 is 1.12 bits per heavy atom. The minimum absolute atomic E-state index is 0.332. The van der Waals surface area contributed by atoms with Gasteiger partial charge in [0.2, 0.25) is 5.82 Å². The third kappa shape index (κ3) is 2.85. The van der Waals surface area contributed by atoms with E-state index in [1.165, 1.54) is 12.1 Å². The van der Waals surface area contributed by atoms with Gasteiger partial charge in [0.15, 0.2) is 0 Å². The number of pyridine rings is 1. The van der Waals surface area contributed by atoms with Crippen LogP contribution >= 0.6 is 0 Å². The summed E-state index contributed by atoms with van der Waals surface area (Å²) in [4.78, 5) is 11.1. The van der Waals surface area contributed by atoms with Gasteiger partial charge in [-0.1, -0.05) is 17.3 Å². The third-order valence-electron chi connectivity index (χ3n) is 3.94. The van der Waals surface area contributed by atoms with Crippen LogP contribution < -0.4 is 10.2 Å². The summed E-state index contributed by atoms with van der Waals surface area (Å²) < 4.78 is 18.8. The molecular weight excluding hydrogens is 309 g/mol. The van der Waals surface area contributed by atoms with E-state index < -0.39 is 0 Å². The molecular formula is C17H16FN5O. The fourth-order valence-electron chi connectivity index (χ4n) is 2.77. The van der Waals surface area contributed by atoms with Gasteiger partial charge in [0.25, 0.3) is 5.89 Å². The molecule has 6 nitrogen and oxygen atoms in total. The first-order valence-corrected chi connectivity index (χ1v) is 7.82. The number of nitrogens with one attached hydrogen (secondary N) is 1. The van der Waals surface area contributed by atoms with Gasteiger partial charge in [-0.15, -0.1) is 0 Å². The molecule has 1 aliphatic heterocycles. The van der Waals surface area contributed by atoms with Crippen LogP contribution in [0.3, 0.4) is 0 Å². The van der Waals surface area contributed by atoms with Crippen molar-refractivity contribution in [1.29, 1.82) is 0 Å². The molecule has 1 fully saturated rings. The second-order valence-corrected chi connectivity index (χ2v) is 5.55. The Bertz CT molecular complexity index is 844. The number of halogens is 1. The number of anilines is 1. The van der Waals surface area contributed by atoms with Crippen molar-refractivity contribution < 1.29 is 8.91 Å². The highest BCUT2D eigenvalue weighted by atomic mass is 19.1. The molecule has 1 aliphatic rings. The summed E-state index contributed by atoms with van der Waals surface area (Å²) in [7, 11) is 0. The second kappa shape index (κ2) is 6.37. The maximum Gasteiger partial charge on any atom is 0.261 e. The summed E-state index contributed by atoms with van der Waals surface area (Å²) >= 11 is 0. The molecule has 0 unspecified atom stereocenters. The van der Waals surface area contributed by atoms with Gasteiger partial charge in [0, 0.05) is 37.9 Å². The van der Waals surface area contributed by atoms with Crippen LogP contribution in [0.25, 0.3) is 22.8 Å². The average Bonchev–Trinajstić information content (AvgIpc) is 3.12. The first-order valence-electron chi connectivity index (χ1n) is 7.82. The van der Waals surface area contributed by atoms with Gasteiger partial charge >= 0.3 is 0 Å². The molecule has 0 aliphatic carbocycles. The smallest absolute Gasteiger partial charge is 0.261 e. The quantitative estimate of drug-likeness (QED) is 0.797. The van der Waals surface area contributed by atoms with Crippen LogP contribution in [0.4, 0.5) is 10.2 Å². The van der Waals surface area contributed by atoms with E-state index >= 15 is 0 Å². The fraction of sp³-hybridized carbons (Fsp3) is 0.235. The SMILES string of the molecule is Fc1cccc(-c2noc(-c3cccnc3N3CCNCC3)n2)c1. The number of nitrogens with zero attached hydrogens (tertiary/aromatic N) is 4. The van der Waals surface area contributed by atoms with Crippen LogP contribution in [0.2, 0.25) is 0 Å². The molecule has 7 heteroatoms. The van der Waals surface area contributed by atoms with Crippen LogP contribution in [-0.2, 0) is 0 Å². The Morgan fingerprint density at radius 3 is 2.83 bits per heavy atom. The summed E-state index contributed by atoms with van der Waals surface area (Å²) in [5.41, 5.74) is 1.37. The van der Waals surface area contributed by atoms with Crippen LogP contribution in [0.1, 0.15) is 0 Å². The fourth-order valence-corrected chi connectivity index (χ4v) is 2.77.